The normalized spacial score (nSPS) is 21.3. The molecule has 2 aromatic rings. The number of alkyl halides is 6. The second-order valence-electron chi connectivity index (χ2n) is 8.86. The van der Waals surface area contributed by atoms with Crippen LogP contribution in [-0.4, -0.2) is 31.0 Å². The van der Waals surface area contributed by atoms with Gasteiger partial charge in [-0.05, 0) is 42.2 Å². The van der Waals surface area contributed by atoms with Crippen molar-refractivity contribution >= 4 is 11.5 Å². The van der Waals surface area contributed by atoms with Crippen molar-refractivity contribution in [2.45, 2.75) is 50.2 Å². The van der Waals surface area contributed by atoms with E-state index in [2.05, 4.69) is 27.2 Å². The minimum atomic E-state index is -4.88. The first-order valence-electron chi connectivity index (χ1n) is 11.4. The Morgan fingerprint density at radius 2 is 1.57 bits per heavy atom. The fraction of sp³-hybridized carbons (Fsp3) is 0.375. The first-order valence-corrected chi connectivity index (χ1v) is 11.4. The van der Waals surface area contributed by atoms with Crippen LogP contribution in [0.15, 0.2) is 54.1 Å². The highest BCUT2D eigenvalue weighted by Crippen LogP contribution is 2.49. The van der Waals surface area contributed by atoms with Gasteiger partial charge in [0, 0.05) is 12.8 Å². The average Bonchev–Trinajstić information content (AvgIpc) is 3.35. The second kappa shape index (κ2) is 10.3. The van der Waals surface area contributed by atoms with Crippen LogP contribution >= 0.6 is 0 Å². The summed E-state index contributed by atoms with van der Waals surface area (Å²) in [6.07, 6.45) is -11.9. The van der Waals surface area contributed by atoms with Crippen molar-refractivity contribution in [2.24, 2.45) is 0 Å². The van der Waals surface area contributed by atoms with E-state index in [-0.39, 0.29) is 35.5 Å². The molecule has 0 bridgehead atoms. The van der Waals surface area contributed by atoms with E-state index < -0.39 is 42.8 Å². The van der Waals surface area contributed by atoms with E-state index in [0.29, 0.717) is 5.56 Å². The zero-order valence-electron chi connectivity index (χ0n) is 19.6. The molecule has 2 aromatic carbocycles. The Kier molecular flexibility index (Phi) is 7.51. The van der Waals surface area contributed by atoms with Gasteiger partial charge < -0.3 is 10.1 Å². The molecule has 1 saturated heterocycles. The van der Waals surface area contributed by atoms with Crippen LogP contribution in [0.3, 0.4) is 0 Å². The summed E-state index contributed by atoms with van der Waals surface area (Å²) in [7, 11) is 0. The number of aryl methyl sites for hydroxylation is 1. The van der Waals surface area contributed by atoms with Crippen LogP contribution in [0, 0.1) is 6.92 Å². The van der Waals surface area contributed by atoms with Gasteiger partial charge in [-0.3, -0.25) is 4.79 Å². The van der Waals surface area contributed by atoms with Crippen LogP contribution < -0.4 is 32.0 Å². The molecule has 13 heteroatoms. The Bertz CT molecular complexity index is 1140. The van der Waals surface area contributed by atoms with E-state index in [0.717, 1.165) is 5.56 Å². The van der Waals surface area contributed by atoms with Gasteiger partial charge in [0.05, 0.1) is 12.2 Å². The molecule has 0 radical (unpaired) electrons. The SMILES string of the molecule is Cc1ccc(C2=C(C3NNNN3)C(=O)N[C@@](c3ccc(OCCCC(F)(F)F)cc3)(C(F)(F)F)C2)cc1. The number of nitrogens with one attached hydrogen (secondary N) is 5. The highest BCUT2D eigenvalue weighted by molar-refractivity contribution is 6.05. The summed E-state index contributed by atoms with van der Waals surface area (Å²) in [5.41, 5.74) is 9.31. The van der Waals surface area contributed by atoms with Crippen LogP contribution in [-0.2, 0) is 10.3 Å². The van der Waals surface area contributed by atoms with Crippen LogP contribution in [0.1, 0.15) is 36.0 Å². The third-order valence-electron chi connectivity index (χ3n) is 6.23. The molecule has 0 saturated carbocycles. The summed E-state index contributed by atoms with van der Waals surface area (Å²) in [5.74, 6) is -0.793. The Balaban J connectivity index is 1.68. The van der Waals surface area contributed by atoms with Gasteiger partial charge in [-0.25, -0.2) is 10.9 Å². The quantitative estimate of drug-likeness (QED) is 0.277. The topological polar surface area (TPSA) is 86.5 Å². The van der Waals surface area contributed by atoms with E-state index >= 15 is 0 Å². The number of hydrazine groups is 3. The monoisotopic (exact) mass is 529 g/mol. The molecule has 2 aliphatic rings. The summed E-state index contributed by atoms with van der Waals surface area (Å²) in [6.45, 7) is 1.60. The predicted molar refractivity (Wildman–Crippen MR) is 122 cm³/mol. The lowest BCUT2D eigenvalue weighted by molar-refractivity contribution is -0.202. The highest BCUT2D eigenvalue weighted by atomic mass is 19.4. The number of amides is 1. The minimum Gasteiger partial charge on any atom is -0.494 e. The molecule has 1 fully saturated rings. The molecular weight excluding hydrogens is 504 g/mol. The van der Waals surface area contributed by atoms with Crippen LogP contribution in [0.2, 0.25) is 0 Å². The third kappa shape index (κ3) is 5.90. The number of halogens is 6. The molecule has 0 spiro atoms. The summed E-state index contributed by atoms with van der Waals surface area (Å²) < 4.78 is 86.4. The fourth-order valence-corrected chi connectivity index (χ4v) is 4.32. The molecule has 200 valence electrons. The number of benzene rings is 2. The van der Waals surface area contributed by atoms with Gasteiger partial charge in [-0.15, -0.1) is 0 Å². The molecular formula is C24H25F6N5O2. The smallest absolute Gasteiger partial charge is 0.416 e. The maximum absolute atomic E-state index is 14.7. The molecule has 1 amide bonds. The average molecular weight is 529 g/mol. The van der Waals surface area contributed by atoms with Crippen molar-refractivity contribution in [1.82, 2.24) is 27.2 Å². The van der Waals surface area contributed by atoms with Gasteiger partial charge in [0.25, 0.3) is 5.91 Å². The zero-order valence-corrected chi connectivity index (χ0v) is 19.6. The molecule has 7 nitrogen and oxygen atoms in total. The maximum atomic E-state index is 14.7. The third-order valence-corrected chi connectivity index (χ3v) is 6.23. The van der Waals surface area contributed by atoms with E-state index in [1.54, 1.807) is 24.3 Å². The molecule has 2 aliphatic heterocycles. The highest BCUT2D eigenvalue weighted by Gasteiger charge is 2.60. The number of hydrogen-bond donors (Lipinski definition) is 5. The van der Waals surface area contributed by atoms with E-state index in [9.17, 15) is 31.1 Å². The number of ether oxygens (including phenoxy) is 1. The molecule has 37 heavy (non-hydrogen) atoms. The summed E-state index contributed by atoms with van der Waals surface area (Å²) >= 11 is 0. The Morgan fingerprint density at radius 1 is 0.946 bits per heavy atom. The van der Waals surface area contributed by atoms with Crippen molar-refractivity contribution < 1.29 is 35.9 Å². The minimum absolute atomic E-state index is 0.0887. The molecule has 0 aliphatic carbocycles. The van der Waals surface area contributed by atoms with Gasteiger partial charge >= 0.3 is 12.4 Å². The molecule has 0 aromatic heterocycles. The number of carbonyl (C=O) groups excluding carboxylic acids is 1. The van der Waals surface area contributed by atoms with Gasteiger partial charge in [0.1, 0.15) is 11.9 Å². The van der Waals surface area contributed by atoms with Gasteiger partial charge in [-0.2, -0.15) is 37.4 Å². The van der Waals surface area contributed by atoms with Gasteiger partial charge in [0.15, 0.2) is 5.54 Å². The standard InChI is InChI=1S/C24H25F6N5O2/c1-14-3-5-15(6-4-14)18-13-22(24(28,29)30,31-21(36)19(18)20-32-34-35-33-20)16-7-9-17(10-8-16)37-12-2-11-23(25,26)27/h3-10,20,32-35H,2,11-13H2,1H3,(H,31,36)/t22-/m0/s1. The van der Waals surface area contributed by atoms with Crippen molar-refractivity contribution in [2.75, 3.05) is 6.61 Å². The van der Waals surface area contributed by atoms with Crippen LogP contribution in [0.4, 0.5) is 26.3 Å². The first kappa shape index (κ1) is 26.9. The maximum Gasteiger partial charge on any atom is 0.416 e. The number of hydrogen-bond acceptors (Lipinski definition) is 6. The van der Waals surface area contributed by atoms with E-state index in [4.69, 9.17) is 4.74 Å². The zero-order chi connectivity index (χ0) is 26.8. The first-order chi connectivity index (χ1) is 17.4. The van der Waals surface area contributed by atoms with Crippen LogP contribution in [0.5, 0.6) is 5.75 Å². The molecule has 2 heterocycles. The van der Waals surface area contributed by atoms with E-state index in [1.165, 1.54) is 24.3 Å². The van der Waals surface area contributed by atoms with Gasteiger partial charge in [-0.1, -0.05) is 42.0 Å². The molecule has 4 rings (SSSR count). The largest absolute Gasteiger partial charge is 0.494 e. The Labute approximate surface area is 208 Å². The summed E-state index contributed by atoms with van der Waals surface area (Å²) in [6, 6.07) is 11.7. The lowest BCUT2D eigenvalue weighted by Gasteiger charge is -2.42. The van der Waals surface area contributed by atoms with Crippen molar-refractivity contribution in [3.05, 3.63) is 70.8 Å². The predicted octanol–water partition coefficient (Wildman–Crippen LogP) is 3.89. The fourth-order valence-electron chi connectivity index (χ4n) is 4.32. The molecule has 5 N–H and O–H groups in total. The van der Waals surface area contributed by atoms with Crippen LogP contribution in [0.25, 0.3) is 5.57 Å². The van der Waals surface area contributed by atoms with E-state index in [1.807, 2.05) is 6.92 Å². The molecule has 0 unspecified atom stereocenters. The Morgan fingerprint density at radius 3 is 2.14 bits per heavy atom. The second-order valence-corrected chi connectivity index (χ2v) is 8.86. The summed E-state index contributed by atoms with van der Waals surface area (Å²) in [4.78, 5) is 13.3. The Hall–Kier alpha value is -3.13. The molecule has 1 atom stereocenters. The van der Waals surface area contributed by atoms with Crippen molar-refractivity contribution in [3.63, 3.8) is 0 Å². The number of carbonyl (C=O) groups is 1. The summed E-state index contributed by atoms with van der Waals surface area (Å²) in [5, 5.41) is 2.19. The van der Waals surface area contributed by atoms with Crippen molar-refractivity contribution in [3.8, 4) is 5.75 Å². The lowest BCUT2D eigenvalue weighted by atomic mass is 9.76. The van der Waals surface area contributed by atoms with Crippen molar-refractivity contribution in [1.29, 1.82) is 0 Å². The lowest BCUT2D eigenvalue weighted by Crippen LogP contribution is -2.60. The number of rotatable bonds is 7. The van der Waals surface area contributed by atoms with Gasteiger partial charge in [0.2, 0.25) is 0 Å².